The minimum atomic E-state index is 0.495. The van der Waals surface area contributed by atoms with Gasteiger partial charge in [-0.05, 0) is 42.5 Å². The molecule has 158 valence electrons. The fourth-order valence-corrected chi connectivity index (χ4v) is 3.40. The highest BCUT2D eigenvalue weighted by Crippen LogP contribution is 2.39. The summed E-state index contributed by atoms with van der Waals surface area (Å²) >= 11 is 6.46. The average molecular weight is 437 g/mol. The first-order valence-corrected chi connectivity index (χ1v) is 9.89. The van der Waals surface area contributed by atoms with Gasteiger partial charge in [0, 0.05) is 23.3 Å². The second-order valence-electron chi connectivity index (χ2n) is 6.61. The van der Waals surface area contributed by atoms with Gasteiger partial charge in [-0.25, -0.2) is 0 Å². The zero-order valence-electron chi connectivity index (χ0n) is 17.3. The zero-order chi connectivity index (χ0) is 21.8. The van der Waals surface area contributed by atoms with E-state index in [2.05, 4.69) is 10.3 Å². The number of pyridine rings is 1. The highest BCUT2D eigenvalue weighted by atomic mass is 35.5. The number of hydrogen-bond donors (Lipinski definition) is 1. The number of fused-ring (bicyclic) bond motifs is 1. The third-order valence-corrected chi connectivity index (χ3v) is 5.03. The lowest BCUT2D eigenvalue weighted by Gasteiger charge is -2.15. The molecule has 0 radical (unpaired) electrons. The van der Waals surface area contributed by atoms with Crippen molar-refractivity contribution in [3.05, 3.63) is 71.9 Å². The molecular formula is C24H21ClN2O4. The second-order valence-corrected chi connectivity index (χ2v) is 7.01. The standard InChI is InChI=1S/C24H21ClN2O4/c1-28-20-6-4-5-7-21(20)31-16-10-8-15(9-11-16)27-24-17-12-22(29-2)23(30-3)13-19(17)26-14-18(24)25/h4-14H,1-3H3,(H,26,27). The van der Waals surface area contributed by atoms with E-state index < -0.39 is 0 Å². The number of rotatable bonds is 7. The number of nitrogens with one attached hydrogen (secondary N) is 1. The van der Waals surface area contributed by atoms with Gasteiger partial charge in [0.2, 0.25) is 0 Å². The predicted molar refractivity (Wildman–Crippen MR) is 123 cm³/mol. The summed E-state index contributed by atoms with van der Waals surface area (Å²) < 4.78 is 22.1. The number of benzene rings is 3. The van der Waals surface area contributed by atoms with E-state index in [-0.39, 0.29) is 0 Å². The summed E-state index contributed by atoms with van der Waals surface area (Å²) in [5.41, 5.74) is 2.31. The van der Waals surface area contributed by atoms with E-state index in [9.17, 15) is 0 Å². The maximum absolute atomic E-state index is 6.46. The Hall–Kier alpha value is -3.64. The molecule has 4 aromatic rings. The first-order valence-electron chi connectivity index (χ1n) is 9.51. The fraction of sp³-hybridized carbons (Fsp3) is 0.125. The number of hydrogen-bond acceptors (Lipinski definition) is 6. The Balaban J connectivity index is 1.62. The molecule has 0 saturated heterocycles. The molecular weight excluding hydrogens is 416 g/mol. The van der Waals surface area contributed by atoms with Crippen LogP contribution in [-0.2, 0) is 0 Å². The maximum Gasteiger partial charge on any atom is 0.169 e. The van der Waals surface area contributed by atoms with E-state index in [1.807, 2.05) is 60.7 Å². The number of aromatic nitrogens is 1. The van der Waals surface area contributed by atoms with Crippen molar-refractivity contribution in [1.82, 2.24) is 4.98 Å². The lowest BCUT2D eigenvalue weighted by Crippen LogP contribution is -1.97. The van der Waals surface area contributed by atoms with E-state index >= 15 is 0 Å². The average Bonchev–Trinajstić information content (AvgIpc) is 2.81. The van der Waals surface area contributed by atoms with Gasteiger partial charge in [0.05, 0.1) is 37.6 Å². The third-order valence-electron chi connectivity index (χ3n) is 4.75. The summed E-state index contributed by atoms with van der Waals surface area (Å²) in [6, 6.07) is 18.7. The smallest absolute Gasteiger partial charge is 0.169 e. The fourth-order valence-electron chi connectivity index (χ4n) is 3.20. The predicted octanol–water partition coefficient (Wildman–Crippen LogP) is 6.45. The van der Waals surface area contributed by atoms with Crippen LogP contribution in [0.5, 0.6) is 28.7 Å². The Morgan fingerprint density at radius 2 is 1.42 bits per heavy atom. The molecule has 0 saturated carbocycles. The zero-order valence-corrected chi connectivity index (χ0v) is 18.1. The Morgan fingerprint density at radius 3 is 2.10 bits per heavy atom. The van der Waals surface area contributed by atoms with Crippen LogP contribution in [0.3, 0.4) is 0 Å². The quantitative estimate of drug-likeness (QED) is 0.359. The minimum absolute atomic E-state index is 0.495. The van der Waals surface area contributed by atoms with Crippen LogP contribution < -0.4 is 24.3 Å². The number of ether oxygens (including phenoxy) is 4. The first kappa shape index (κ1) is 20.6. The van der Waals surface area contributed by atoms with Gasteiger partial charge in [-0.3, -0.25) is 4.98 Å². The van der Waals surface area contributed by atoms with Crippen LogP contribution in [0.4, 0.5) is 11.4 Å². The molecule has 7 heteroatoms. The van der Waals surface area contributed by atoms with Crippen molar-refractivity contribution < 1.29 is 18.9 Å². The van der Waals surface area contributed by atoms with Gasteiger partial charge in [0.15, 0.2) is 23.0 Å². The van der Waals surface area contributed by atoms with Crippen LogP contribution in [0.15, 0.2) is 66.9 Å². The molecule has 0 aliphatic rings. The SMILES string of the molecule is COc1cc2ncc(Cl)c(Nc3ccc(Oc4ccccc4OC)cc3)c2cc1OC. The lowest BCUT2D eigenvalue weighted by atomic mass is 10.1. The summed E-state index contributed by atoms with van der Waals surface area (Å²) in [6.45, 7) is 0. The summed E-state index contributed by atoms with van der Waals surface area (Å²) in [5.74, 6) is 3.21. The molecule has 1 aromatic heterocycles. The number of anilines is 2. The summed E-state index contributed by atoms with van der Waals surface area (Å²) in [4.78, 5) is 4.40. The van der Waals surface area contributed by atoms with Crippen molar-refractivity contribution in [3.63, 3.8) is 0 Å². The molecule has 6 nitrogen and oxygen atoms in total. The van der Waals surface area contributed by atoms with Crippen molar-refractivity contribution in [3.8, 4) is 28.7 Å². The van der Waals surface area contributed by atoms with Gasteiger partial charge in [-0.1, -0.05) is 23.7 Å². The molecule has 0 spiro atoms. The van der Waals surface area contributed by atoms with E-state index in [1.54, 1.807) is 27.5 Å². The summed E-state index contributed by atoms with van der Waals surface area (Å²) in [5, 5.41) is 4.68. The largest absolute Gasteiger partial charge is 0.493 e. The minimum Gasteiger partial charge on any atom is -0.493 e. The molecule has 0 fully saturated rings. The third kappa shape index (κ3) is 4.29. The van der Waals surface area contributed by atoms with Crippen LogP contribution in [0.1, 0.15) is 0 Å². The van der Waals surface area contributed by atoms with Crippen LogP contribution in [-0.4, -0.2) is 26.3 Å². The van der Waals surface area contributed by atoms with Crippen LogP contribution >= 0.6 is 11.6 Å². The Morgan fingerprint density at radius 1 is 0.774 bits per heavy atom. The number of nitrogens with zero attached hydrogens (tertiary/aromatic N) is 1. The monoisotopic (exact) mass is 436 g/mol. The van der Waals surface area contributed by atoms with Gasteiger partial charge in [-0.15, -0.1) is 0 Å². The van der Waals surface area contributed by atoms with Crippen molar-refractivity contribution in [1.29, 1.82) is 0 Å². The molecule has 4 rings (SSSR count). The number of halogens is 1. The molecule has 3 aromatic carbocycles. The van der Waals surface area contributed by atoms with Gasteiger partial charge in [0.25, 0.3) is 0 Å². The highest BCUT2D eigenvalue weighted by molar-refractivity contribution is 6.34. The molecule has 0 amide bonds. The first-order chi connectivity index (χ1) is 15.1. The highest BCUT2D eigenvalue weighted by Gasteiger charge is 2.13. The summed E-state index contributed by atoms with van der Waals surface area (Å²) in [6.07, 6.45) is 1.61. The Kier molecular flexibility index (Phi) is 6.00. The van der Waals surface area contributed by atoms with Crippen molar-refractivity contribution >= 4 is 33.9 Å². The van der Waals surface area contributed by atoms with Gasteiger partial charge < -0.3 is 24.3 Å². The second kappa shape index (κ2) is 9.02. The Bertz CT molecular complexity index is 1210. The van der Waals surface area contributed by atoms with Crippen LogP contribution in [0.25, 0.3) is 10.9 Å². The van der Waals surface area contributed by atoms with Crippen molar-refractivity contribution in [2.45, 2.75) is 0 Å². The molecule has 31 heavy (non-hydrogen) atoms. The van der Waals surface area contributed by atoms with Crippen LogP contribution in [0.2, 0.25) is 5.02 Å². The molecule has 1 N–H and O–H groups in total. The molecule has 0 unspecified atom stereocenters. The normalized spacial score (nSPS) is 10.6. The molecule has 1 heterocycles. The van der Waals surface area contributed by atoms with Gasteiger partial charge in [-0.2, -0.15) is 0 Å². The molecule has 0 aliphatic carbocycles. The lowest BCUT2D eigenvalue weighted by molar-refractivity contribution is 0.356. The Labute approximate surface area is 185 Å². The van der Waals surface area contributed by atoms with Crippen LogP contribution in [0, 0.1) is 0 Å². The van der Waals surface area contributed by atoms with Gasteiger partial charge in [0.1, 0.15) is 5.75 Å². The van der Waals surface area contributed by atoms with Gasteiger partial charge >= 0.3 is 0 Å². The maximum atomic E-state index is 6.46. The van der Waals surface area contributed by atoms with E-state index in [4.69, 9.17) is 30.5 Å². The summed E-state index contributed by atoms with van der Waals surface area (Å²) in [7, 11) is 4.80. The van der Waals surface area contributed by atoms with E-state index in [1.165, 1.54) is 0 Å². The molecule has 0 aliphatic heterocycles. The van der Waals surface area contributed by atoms with Crippen molar-refractivity contribution in [2.75, 3.05) is 26.6 Å². The molecule has 0 atom stereocenters. The number of para-hydroxylation sites is 2. The molecule has 0 bridgehead atoms. The van der Waals surface area contributed by atoms with E-state index in [0.29, 0.717) is 33.8 Å². The van der Waals surface area contributed by atoms with E-state index in [0.717, 1.165) is 22.3 Å². The number of methoxy groups -OCH3 is 3. The van der Waals surface area contributed by atoms with Crippen molar-refractivity contribution in [2.24, 2.45) is 0 Å². The topological polar surface area (TPSA) is 61.8 Å².